The lowest BCUT2D eigenvalue weighted by Gasteiger charge is -2.25. The zero-order valence-corrected chi connectivity index (χ0v) is 8.94. The topological polar surface area (TPSA) is 27.6 Å². The average Bonchev–Trinajstić information content (AvgIpc) is 2.54. The molecule has 0 amide bonds. The molecule has 0 aromatic heterocycles. The van der Waals surface area contributed by atoms with Crippen LogP contribution in [0.5, 0.6) is 0 Å². The Morgan fingerprint density at radius 2 is 2.62 bits per heavy atom. The van der Waals surface area contributed by atoms with Crippen LogP contribution in [0.1, 0.15) is 6.42 Å². The summed E-state index contributed by atoms with van der Waals surface area (Å²) < 4.78 is 0. The monoisotopic (exact) mass is 199 g/mol. The highest BCUT2D eigenvalue weighted by molar-refractivity contribution is 7.99. The van der Waals surface area contributed by atoms with Crippen molar-refractivity contribution in [3.63, 3.8) is 0 Å². The van der Waals surface area contributed by atoms with Gasteiger partial charge in [-0.2, -0.15) is 11.8 Å². The molecule has 4 heteroatoms. The van der Waals surface area contributed by atoms with Gasteiger partial charge in [0.05, 0.1) is 6.54 Å². The quantitative estimate of drug-likeness (QED) is 0.699. The maximum absolute atomic E-state index is 4.50. The van der Waals surface area contributed by atoms with Crippen LogP contribution in [-0.4, -0.2) is 55.0 Å². The van der Waals surface area contributed by atoms with Crippen molar-refractivity contribution in [3.8, 4) is 0 Å². The Balaban J connectivity index is 1.82. The summed E-state index contributed by atoms with van der Waals surface area (Å²) in [5, 5.41) is 3.54. The largest absolute Gasteiger partial charge is 0.362 e. The van der Waals surface area contributed by atoms with Crippen LogP contribution in [0.2, 0.25) is 0 Å². The van der Waals surface area contributed by atoms with Gasteiger partial charge in [-0.3, -0.25) is 4.99 Å². The first-order valence-corrected chi connectivity index (χ1v) is 6.07. The zero-order valence-electron chi connectivity index (χ0n) is 8.12. The van der Waals surface area contributed by atoms with Crippen LogP contribution in [0, 0.1) is 0 Å². The molecular formula is C9H17N3S. The average molecular weight is 199 g/mol. The van der Waals surface area contributed by atoms with Gasteiger partial charge in [0.15, 0.2) is 0 Å². The second-order valence-corrected chi connectivity index (χ2v) is 4.80. The van der Waals surface area contributed by atoms with E-state index in [0.29, 0.717) is 6.04 Å². The third-order valence-electron chi connectivity index (χ3n) is 2.60. The summed E-state index contributed by atoms with van der Waals surface area (Å²) in [5.74, 6) is 3.80. The van der Waals surface area contributed by atoms with Gasteiger partial charge >= 0.3 is 0 Å². The smallest absolute Gasteiger partial charge is 0.100 e. The molecule has 74 valence electrons. The lowest BCUT2D eigenvalue weighted by Crippen LogP contribution is -2.40. The van der Waals surface area contributed by atoms with Crippen LogP contribution in [0.15, 0.2) is 4.99 Å². The summed E-state index contributed by atoms with van der Waals surface area (Å²) in [6.45, 7) is 3.26. The van der Waals surface area contributed by atoms with E-state index in [9.17, 15) is 0 Å². The molecule has 0 saturated carbocycles. The molecule has 0 radical (unpaired) electrons. The second-order valence-electron chi connectivity index (χ2n) is 3.65. The lowest BCUT2D eigenvalue weighted by molar-refractivity contribution is 0.514. The van der Waals surface area contributed by atoms with E-state index in [1.54, 1.807) is 0 Å². The molecule has 2 aliphatic heterocycles. The molecule has 13 heavy (non-hydrogen) atoms. The van der Waals surface area contributed by atoms with Gasteiger partial charge in [-0.15, -0.1) is 0 Å². The summed E-state index contributed by atoms with van der Waals surface area (Å²) in [6, 6.07) is 0.651. The van der Waals surface area contributed by atoms with Crippen molar-refractivity contribution in [1.82, 2.24) is 10.2 Å². The van der Waals surface area contributed by atoms with Crippen molar-refractivity contribution in [2.45, 2.75) is 12.5 Å². The van der Waals surface area contributed by atoms with E-state index in [1.807, 2.05) is 0 Å². The Labute approximate surface area is 84.0 Å². The van der Waals surface area contributed by atoms with Gasteiger partial charge in [0.2, 0.25) is 0 Å². The summed E-state index contributed by atoms with van der Waals surface area (Å²) in [4.78, 5) is 6.78. The third-order valence-corrected chi connectivity index (χ3v) is 3.73. The number of likely N-dealkylation sites (N-methyl/N-ethyl adjacent to an activating group) is 1. The first-order chi connectivity index (χ1) is 6.36. The van der Waals surface area contributed by atoms with E-state index in [0.717, 1.165) is 26.1 Å². The van der Waals surface area contributed by atoms with Crippen LogP contribution in [0.4, 0.5) is 0 Å². The fourth-order valence-electron chi connectivity index (χ4n) is 1.77. The Morgan fingerprint density at radius 1 is 1.69 bits per heavy atom. The number of amidine groups is 1. The molecule has 1 fully saturated rings. The molecule has 1 saturated heterocycles. The molecule has 0 aliphatic carbocycles. The maximum Gasteiger partial charge on any atom is 0.100 e. The molecule has 2 rings (SSSR count). The predicted octanol–water partition coefficient (Wildman–Crippen LogP) is 0.425. The Kier molecular flexibility index (Phi) is 3.11. The highest BCUT2D eigenvalue weighted by Gasteiger charge is 2.19. The van der Waals surface area contributed by atoms with Crippen LogP contribution in [0.3, 0.4) is 0 Å². The van der Waals surface area contributed by atoms with Gasteiger partial charge in [-0.05, 0) is 0 Å². The Bertz CT molecular complexity index is 199. The number of aliphatic imine (C=N–C) groups is 1. The summed E-state index contributed by atoms with van der Waals surface area (Å²) in [5.41, 5.74) is 0. The number of nitrogens with one attached hydrogen (secondary N) is 1. The molecule has 2 aliphatic rings. The minimum atomic E-state index is 0.651. The van der Waals surface area contributed by atoms with E-state index in [2.05, 4.69) is 34.0 Å². The first-order valence-electron chi connectivity index (χ1n) is 4.92. The number of nitrogens with zero attached hydrogens (tertiary/aromatic N) is 2. The van der Waals surface area contributed by atoms with Gasteiger partial charge in [-0.1, -0.05) is 0 Å². The van der Waals surface area contributed by atoms with E-state index >= 15 is 0 Å². The minimum Gasteiger partial charge on any atom is -0.362 e. The molecule has 3 nitrogen and oxygen atoms in total. The predicted molar refractivity (Wildman–Crippen MR) is 58.7 cm³/mol. The van der Waals surface area contributed by atoms with Crippen molar-refractivity contribution in [2.24, 2.45) is 4.99 Å². The molecular weight excluding hydrogens is 182 g/mol. The Morgan fingerprint density at radius 3 is 3.23 bits per heavy atom. The molecule has 1 unspecified atom stereocenters. The standard InChI is InChI=1S/C9H17N3S/c1-12-4-2-11-9(12)6-8-7-13-5-3-10-8/h8,10H,2-7H2,1H3. The second kappa shape index (κ2) is 4.33. The molecule has 2 heterocycles. The van der Waals surface area contributed by atoms with Crippen molar-refractivity contribution in [2.75, 3.05) is 38.2 Å². The van der Waals surface area contributed by atoms with Crippen molar-refractivity contribution >= 4 is 17.6 Å². The van der Waals surface area contributed by atoms with Gasteiger partial charge in [0, 0.05) is 44.1 Å². The van der Waals surface area contributed by atoms with Crippen molar-refractivity contribution < 1.29 is 0 Å². The fraction of sp³-hybridized carbons (Fsp3) is 0.889. The molecule has 1 atom stereocenters. The fourth-order valence-corrected chi connectivity index (χ4v) is 2.72. The molecule has 0 aromatic carbocycles. The van der Waals surface area contributed by atoms with E-state index in [1.165, 1.54) is 17.3 Å². The highest BCUT2D eigenvalue weighted by atomic mass is 32.2. The lowest BCUT2D eigenvalue weighted by atomic mass is 10.2. The zero-order chi connectivity index (χ0) is 9.10. The number of thioether (sulfide) groups is 1. The highest BCUT2D eigenvalue weighted by Crippen LogP contribution is 2.13. The van der Waals surface area contributed by atoms with Crippen molar-refractivity contribution in [3.05, 3.63) is 0 Å². The van der Waals surface area contributed by atoms with E-state index in [-0.39, 0.29) is 0 Å². The van der Waals surface area contributed by atoms with Gasteiger partial charge in [-0.25, -0.2) is 0 Å². The van der Waals surface area contributed by atoms with Crippen LogP contribution < -0.4 is 5.32 Å². The summed E-state index contributed by atoms with van der Waals surface area (Å²) in [6.07, 6.45) is 1.11. The number of rotatable bonds is 2. The van der Waals surface area contributed by atoms with Crippen LogP contribution in [-0.2, 0) is 0 Å². The third kappa shape index (κ3) is 2.38. The SMILES string of the molecule is CN1CCN=C1CC1CSCCN1. The van der Waals surface area contributed by atoms with Gasteiger partial charge in [0.25, 0.3) is 0 Å². The normalized spacial score (nSPS) is 29.2. The van der Waals surface area contributed by atoms with Gasteiger partial charge in [0.1, 0.15) is 5.84 Å². The van der Waals surface area contributed by atoms with E-state index in [4.69, 9.17) is 0 Å². The van der Waals surface area contributed by atoms with Crippen LogP contribution >= 0.6 is 11.8 Å². The Hall–Kier alpha value is -0.220. The summed E-state index contributed by atoms with van der Waals surface area (Å²) >= 11 is 2.05. The van der Waals surface area contributed by atoms with E-state index < -0.39 is 0 Å². The maximum atomic E-state index is 4.50. The molecule has 0 bridgehead atoms. The number of hydrogen-bond acceptors (Lipinski definition) is 4. The van der Waals surface area contributed by atoms with Crippen molar-refractivity contribution in [1.29, 1.82) is 0 Å². The molecule has 1 N–H and O–H groups in total. The number of hydrogen-bond donors (Lipinski definition) is 1. The molecule has 0 spiro atoms. The molecule has 0 aromatic rings. The van der Waals surface area contributed by atoms with Crippen LogP contribution in [0.25, 0.3) is 0 Å². The first kappa shape index (κ1) is 9.34. The van der Waals surface area contributed by atoms with Gasteiger partial charge < -0.3 is 10.2 Å². The summed E-state index contributed by atoms with van der Waals surface area (Å²) in [7, 11) is 2.14. The minimum absolute atomic E-state index is 0.651.